The molecular weight excluding hydrogens is 462 g/mol. The van der Waals surface area contributed by atoms with Gasteiger partial charge in [-0.15, -0.1) is 0 Å². The Labute approximate surface area is 222 Å². The molecule has 9 atom stereocenters. The molecule has 0 spiro atoms. The molecule has 0 aromatic carbocycles. The van der Waals surface area contributed by atoms with Crippen LogP contribution in [0, 0.1) is 67.5 Å². The van der Waals surface area contributed by atoms with Crippen LogP contribution in [0.3, 0.4) is 0 Å². The van der Waals surface area contributed by atoms with Gasteiger partial charge in [-0.1, -0.05) is 47.1 Å². The van der Waals surface area contributed by atoms with E-state index in [1.54, 1.807) is 0 Å². The van der Waals surface area contributed by atoms with E-state index in [0.29, 0.717) is 6.42 Å². The van der Waals surface area contributed by atoms with Crippen molar-refractivity contribution in [2.75, 3.05) is 7.11 Å². The quantitative estimate of drug-likeness (QED) is 0.380. The molecule has 5 aliphatic rings. The van der Waals surface area contributed by atoms with Crippen LogP contribution in [0.2, 0.25) is 0 Å². The predicted molar refractivity (Wildman–Crippen MR) is 141 cm³/mol. The van der Waals surface area contributed by atoms with E-state index in [1.807, 2.05) is 26.8 Å². The first-order chi connectivity index (χ1) is 17.0. The third-order valence-corrected chi connectivity index (χ3v) is 13.1. The van der Waals surface area contributed by atoms with E-state index < -0.39 is 22.2 Å². The van der Waals surface area contributed by atoms with E-state index in [2.05, 4.69) is 33.8 Å². The lowest BCUT2D eigenvalue weighted by atomic mass is 9.33. The Balaban J connectivity index is 1.63. The van der Waals surface area contributed by atoms with Gasteiger partial charge >= 0.3 is 5.97 Å². The molecule has 0 radical (unpaired) electrons. The highest BCUT2D eigenvalue weighted by molar-refractivity contribution is 5.97. The lowest BCUT2D eigenvalue weighted by molar-refractivity contribution is -0.191. The van der Waals surface area contributed by atoms with Gasteiger partial charge in [-0.25, -0.2) is 0 Å². The van der Waals surface area contributed by atoms with Crippen LogP contribution in [0.1, 0.15) is 99.8 Å². The van der Waals surface area contributed by atoms with Crippen LogP contribution in [-0.2, 0) is 19.1 Å². The van der Waals surface area contributed by atoms with Crippen LogP contribution < -0.4 is 0 Å². The second-order valence-electron chi connectivity index (χ2n) is 15.2. The Morgan fingerprint density at radius 1 is 0.973 bits per heavy atom. The third-order valence-electron chi connectivity index (χ3n) is 13.1. The maximum absolute atomic E-state index is 14.4. The number of allylic oxidation sites excluding steroid dienone is 2. The molecule has 0 N–H and O–H groups in total. The van der Waals surface area contributed by atoms with Crippen LogP contribution in [-0.4, -0.2) is 24.6 Å². The van der Waals surface area contributed by atoms with Gasteiger partial charge < -0.3 is 4.74 Å². The smallest absolute Gasteiger partial charge is 0.311 e. The Morgan fingerprint density at radius 3 is 2.24 bits per heavy atom. The molecule has 0 saturated heterocycles. The number of fused-ring (bicyclic) bond motifs is 7. The van der Waals surface area contributed by atoms with Crippen molar-refractivity contribution in [3.05, 3.63) is 11.6 Å². The molecule has 5 heteroatoms. The van der Waals surface area contributed by atoms with Gasteiger partial charge in [0.15, 0.2) is 11.6 Å². The van der Waals surface area contributed by atoms with Crippen molar-refractivity contribution in [1.29, 1.82) is 5.26 Å². The summed E-state index contributed by atoms with van der Waals surface area (Å²) < 4.78 is 5.24. The van der Waals surface area contributed by atoms with Crippen LogP contribution in [0.15, 0.2) is 11.6 Å². The summed E-state index contributed by atoms with van der Waals surface area (Å²) in [5, 5.41) is 9.93. The predicted octanol–water partition coefficient (Wildman–Crippen LogP) is 6.46. The molecule has 5 rings (SSSR count). The van der Waals surface area contributed by atoms with Crippen LogP contribution in [0.25, 0.3) is 0 Å². The monoisotopic (exact) mass is 507 g/mol. The molecule has 4 saturated carbocycles. The summed E-state index contributed by atoms with van der Waals surface area (Å²) in [5.74, 6) is -0.521. The largest absolute Gasteiger partial charge is 0.469 e. The van der Waals surface area contributed by atoms with E-state index in [9.17, 15) is 19.6 Å². The molecule has 1 unspecified atom stereocenters. The number of rotatable bonds is 1. The summed E-state index contributed by atoms with van der Waals surface area (Å²) in [5.41, 5.74) is -0.630. The SMILES string of the molecule is COC(=O)[C@@]1(C)CC[C@]2(C)CC[C@]3(C)C(=CC(=O)[C@@H]4[C@@]5(C)CC(C#N)C(=O)C(C)(C)[C@@H]5CC[C@]43C)[C@@H]2C1. The first kappa shape index (κ1) is 26.6. The van der Waals surface area contributed by atoms with E-state index in [1.165, 1.54) is 12.7 Å². The van der Waals surface area contributed by atoms with E-state index in [0.717, 1.165) is 44.9 Å². The van der Waals surface area contributed by atoms with Gasteiger partial charge in [-0.2, -0.15) is 5.26 Å². The fourth-order valence-corrected chi connectivity index (χ4v) is 10.7. The van der Waals surface area contributed by atoms with Crippen LogP contribution in [0.4, 0.5) is 0 Å². The van der Waals surface area contributed by atoms with E-state index >= 15 is 0 Å². The molecule has 4 fully saturated rings. The summed E-state index contributed by atoms with van der Waals surface area (Å²) in [6, 6.07) is 2.30. The number of esters is 1. The average Bonchev–Trinajstić information content (AvgIpc) is 2.83. The minimum absolute atomic E-state index is 0.0458. The minimum atomic E-state index is -0.654. The molecule has 37 heavy (non-hydrogen) atoms. The zero-order valence-corrected chi connectivity index (χ0v) is 24.1. The van der Waals surface area contributed by atoms with Crippen LogP contribution >= 0.6 is 0 Å². The number of nitrogens with zero attached hydrogens (tertiary/aromatic N) is 1. The Morgan fingerprint density at radius 2 is 1.62 bits per heavy atom. The summed E-state index contributed by atoms with van der Waals surface area (Å²) in [7, 11) is 1.48. The van der Waals surface area contributed by atoms with Crippen LogP contribution in [0.5, 0.6) is 0 Å². The highest BCUT2D eigenvalue weighted by Crippen LogP contribution is 2.75. The molecule has 0 bridgehead atoms. The van der Waals surface area contributed by atoms with E-state index in [-0.39, 0.29) is 51.5 Å². The van der Waals surface area contributed by atoms with Crippen molar-refractivity contribution in [2.45, 2.75) is 99.8 Å². The van der Waals surface area contributed by atoms with Gasteiger partial charge in [0.05, 0.1) is 18.6 Å². The number of methoxy groups -OCH3 is 1. The second-order valence-corrected chi connectivity index (χ2v) is 15.2. The molecule has 0 aromatic rings. The van der Waals surface area contributed by atoms with Crippen molar-refractivity contribution in [3.8, 4) is 6.07 Å². The van der Waals surface area contributed by atoms with E-state index in [4.69, 9.17) is 4.74 Å². The Bertz CT molecular complexity index is 1150. The number of hydrogen-bond donors (Lipinski definition) is 0. The lowest BCUT2D eigenvalue weighted by Gasteiger charge is -2.70. The number of ether oxygens (including phenoxy) is 1. The fourth-order valence-electron chi connectivity index (χ4n) is 10.7. The molecule has 0 heterocycles. The highest BCUT2D eigenvalue weighted by Gasteiger charge is 2.71. The fraction of sp³-hybridized carbons (Fsp3) is 0.812. The lowest BCUT2D eigenvalue weighted by Crippen LogP contribution is -2.67. The molecule has 5 aliphatic carbocycles. The molecule has 0 aliphatic heterocycles. The number of carbonyl (C=O) groups excluding carboxylic acids is 3. The molecule has 0 aromatic heterocycles. The summed E-state index contributed by atoms with van der Waals surface area (Å²) in [6.45, 7) is 15.3. The van der Waals surface area contributed by atoms with Crippen molar-refractivity contribution in [2.24, 2.45) is 56.2 Å². The average molecular weight is 508 g/mol. The number of hydrogen-bond acceptors (Lipinski definition) is 5. The van der Waals surface area contributed by atoms with Gasteiger partial charge in [-0.3, -0.25) is 14.4 Å². The van der Waals surface area contributed by atoms with Crippen molar-refractivity contribution >= 4 is 17.5 Å². The molecule has 5 nitrogen and oxygen atoms in total. The molecular formula is C32H45NO4. The maximum Gasteiger partial charge on any atom is 0.311 e. The second kappa shape index (κ2) is 7.80. The van der Waals surface area contributed by atoms with Gasteiger partial charge in [-0.05, 0) is 97.9 Å². The number of Topliss-reactive ketones (excluding diaryl/α,β-unsaturated/α-hetero) is 1. The standard InChI is InChI=1S/C32H45NO4/c1-27(2)23-9-10-32(7)24(30(23,5)16-19(18-33)25(27)35)22(34)15-20-21-17-29(4,26(36)37-8)12-11-28(21,3)13-14-31(20,32)6/h15,19,21,23-24H,9-14,16-17H2,1-8H3/t19?,21-,23-,24+,28+,29-,30-,31+,32+/m0/s1. The van der Waals surface area contributed by atoms with Gasteiger partial charge in [0, 0.05) is 11.3 Å². The zero-order chi connectivity index (χ0) is 27.4. The van der Waals surface area contributed by atoms with Gasteiger partial charge in [0.2, 0.25) is 0 Å². The van der Waals surface area contributed by atoms with Gasteiger partial charge in [0.1, 0.15) is 5.92 Å². The first-order valence-electron chi connectivity index (χ1n) is 14.3. The summed E-state index contributed by atoms with van der Waals surface area (Å²) in [4.78, 5) is 40.5. The molecule has 202 valence electrons. The van der Waals surface area contributed by atoms with Crippen molar-refractivity contribution < 1.29 is 19.1 Å². The molecule has 0 amide bonds. The summed E-state index contributed by atoms with van der Waals surface area (Å²) in [6.07, 6.45) is 8.90. The van der Waals surface area contributed by atoms with Crippen molar-refractivity contribution in [1.82, 2.24) is 0 Å². The number of nitriles is 1. The normalized spacial score (nSPS) is 50.4. The highest BCUT2D eigenvalue weighted by atomic mass is 16.5. The maximum atomic E-state index is 14.4. The minimum Gasteiger partial charge on any atom is -0.469 e. The third kappa shape index (κ3) is 3.17. The number of ketones is 2. The Hall–Kier alpha value is -1.96. The Kier molecular flexibility index (Phi) is 5.61. The summed E-state index contributed by atoms with van der Waals surface area (Å²) >= 11 is 0. The first-order valence-corrected chi connectivity index (χ1v) is 14.3. The number of carbonyl (C=O) groups is 3. The van der Waals surface area contributed by atoms with Crippen molar-refractivity contribution in [3.63, 3.8) is 0 Å². The zero-order valence-electron chi connectivity index (χ0n) is 24.1. The van der Waals surface area contributed by atoms with Gasteiger partial charge in [0.25, 0.3) is 0 Å². The topological polar surface area (TPSA) is 84.2 Å².